The Kier molecular flexibility index (Phi) is 91.4. The first-order valence-corrected chi connectivity index (χ1v) is 28.9. The summed E-state index contributed by atoms with van der Waals surface area (Å²) in [5.74, 6) is 2.05. The van der Waals surface area contributed by atoms with Crippen LogP contribution in [0.4, 0.5) is 0 Å². The van der Waals surface area contributed by atoms with Gasteiger partial charge in [-0.25, -0.2) is 9.59 Å². The molecule has 2 aliphatic heterocycles. The van der Waals surface area contributed by atoms with Gasteiger partial charge in [-0.2, -0.15) is 0 Å². The van der Waals surface area contributed by atoms with Crippen LogP contribution < -0.4 is 18.9 Å². The zero-order chi connectivity index (χ0) is 61.5. The third-order valence-corrected chi connectivity index (χ3v) is 6.70. The molecule has 0 aromatic heterocycles. The Hall–Kier alpha value is -5.66. The van der Waals surface area contributed by atoms with Crippen LogP contribution in [0.2, 0.25) is 0 Å². The first kappa shape index (κ1) is 88.9. The number of carbonyl (C=O) groups excluding carboxylic acids is 2. The molecule has 4 atom stereocenters. The summed E-state index contributed by atoms with van der Waals surface area (Å²) >= 11 is 0. The first-order valence-electron chi connectivity index (χ1n) is 28.9. The van der Waals surface area contributed by atoms with Crippen molar-refractivity contribution in [1.29, 1.82) is 0 Å². The van der Waals surface area contributed by atoms with E-state index in [1.807, 2.05) is 180 Å². The molecule has 0 radical (unpaired) electrons. The second kappa shape index (κ2) is 80.2. The Morgan fingerprint density at radius 3 is 0.795 bits per heavy atom. The average molecular weight is 1100 g/mol. The van der Waals surface area contributed by atoms with Gasteiger partial charge in [0.25, 0.3) is 0 Å². The highest BCUT2D eigenvalue weighted by molar-refractivity contribution is 5.81. The lowest BCUT2D eigenvalue weighted by Gasteiger charge is -2.11. The van der Waals surface area contributed by atoms with E-state index in [2.05, 4.69) is 78.0 Å². The fourth-order valence-electron chi connectivity index (χ4n) is 3.73. The maximum Gasteiger partial charge on any atom is 0.330 e. The van der Waals surface area contributed by atoms with Crippen molar-refractivity contribution < 1.29 is 57.7 Å². The number of rotatable bonds is 18. The normalized spacial score (nSPS) is 12.1. The number of ether oxygens (including phenoxy) is 8. The molecular formula is C66H116O12. The van der Waals surface area contributed by atoms with E-state index in [0.717, 1.165) is 36.9 Å². The van der Waals surface area contributed by atoms with E-state index >= 15 is 0 Å². The number of aliphatic hydroxyl groups is 2. The lowest BCUT2D eigenvalue weighted by atomic mass is 10.3. The van der Waals surface area contributed by atoms with Gasteiger partial charge in [0.1, 0.15) is 87.1 Å². The summed E-state index contributed by atoms with van der Waals surface area (Å²) in [4.78, 5) is 21.4. The van der Waals surface area contributed by atoms with Crippen LogP contribution in [-0.4, -0.2) is 99.4 Å². The molecule has 0 aliphatic carbocycles. The van der Waals surface area contributed by atoms with Crippen LogP contribution in [0.25, 0.3) is 0 Å². The minimum absolute atomic E-state index is 0.0778. The zero-order valence-electron chi connectivity index (χ0n) is 52.9. The third kappa shape index (κ3) is 76.8. The number of aliphatic hydroxyl groups excluding tert-OH is 2. The van der Waals surface area contributed by atoms with Crippen LogP contribution in [0.5, 0.6) is 23.0 Å². The monoisotopic (exact) mass is 1100 g/mol. The van der Waals surface area contributed by atoms with Gasteiger partial charge in [0.2, 0.25) is 0 Å². The van der Waals surface area contributed by atoms with Gasteiger partial charge >= 0.3 is 11.9 Å². The average Bonchev–Trinajstić information content (AvgIpc) is 4.47. The van der Waals surface area contributed by atoms with Gasteiger partial charge in [-0.15, -0.1) is 0 Å². The van der Waals surface area contributed by atoms with Crippen LogP contribution in [0, 0.1) is 0 Å². The largest absolute Gasteiger partial charge is 0.491 e. The molecule has 2 heterocycles. The molecule has 4 unspecified atom stereocenters. The van der Waals surface area contributed by atoms with Gasteiger partial charge in [-0.05, 0) is 48.5 Å². The number of hydrogen-bond acceptors (Lipinski definition) is 12. The van der Waals surface area contributed by atoms with Crippen molar-refractivity contribution in [2.45, 2.75) is 189 Å². The number of para-hydroxylation sites is 4. The van der Waals surface area contributed by atoms with Gasteiger partial charge in [0, 0.05) is 12.2 Å². The van der Waals surface area contributed by atoms with E-state index in [9.17, 15) is 19.8 Å². The summed E-state index contributed by atoms with van der Waals surface area (Å²) in [7, 11) is 0. The third-order valence-electron chi connectivity index (χ3n) is 6.70. The maximum atomic E-state index is 10.7. The predicted octanol–water partition coefficient (Wildman–Crippen LogP) is 17.1. The molecule has 452 valence electrons. The molecular weight excluding hydrogens is 985 g/mol. The van der Waals surface area contributed by atoms with Crippen LogP contribution in [-0.2, 0) is 28.5 Å². The van der Waals surface area contributed by atoms with E-state index in [1.165, 1.54) is 25.7 Å². The standard InChI is InChI=1S/2C12H14O4.2C9H10O2.4C3H8.6C2H6/c2*1-2-12(14)16-9-10(13)8-15-11-6-4-3-5-7-11;2*1-2-4-8(5-3-1)10-6-9-7-11-9;4*1-3-2;6*1-2/h2*2-7,10,13H,1,8-9H2;2*1-5,9H,6-7H2;4*3H2,1-2H3;6*1-2H3. The molecule has 0 spiro atoms. The molecule has 2 aliphatic rings. The molecule has 6 rings (SSSR count). The summed E-state index contributed by atoms with van der Waals surface area (Å²) in [5, 5.41) is 18.8. The Bertz CT molecular complexity index is 1530. The van der Waals surface area contributed by atoms with Crippen molar-refractivity contribution >= 4 is 11.9 Å². The fraction of sp³-hybridized carbons (Fsp3) is 0.545. The van der Waals surface area contributed by atoms with Gasteiger partial charge in [0.05, 0.1) is 13.2 Å². The fourth-order valence-corrected chi connectivity index (χ4v) is 3.73. The topological polar surface area (TPSA) is 155 Å². The molecule has 0 amide bonds. The Morgan fingerprint density at radius 1 is 0.423 bits per heavy atom. The minimum Gasteiger partial charge on any atom is -0.491 e. The lowest BCUT2D eigenvalue weighted by Crippen LogP contribution is -2.24. The van der Waals surface area contributed by atoms with Gasteiger partial charge < -0.3 is 48.1 Å². The van der Waals surface area contributed by atoms with Crippen LogP contribution in [0.15, 0.2) is 147 Å². The zero-order valence-corrected chi connectivity index (χ0v) is 52.9. The molecule has 0 bridgehead atoms. The van der Waals surface area contributed by atoms with Crippen molar-refractivity contribution in [2.24, 2.45) is 0 Å². The minimum atomic E-state index is -0.843. The number of epoxide rings is 2. The van der Waals surface area contributed by atoms with Gasteiger partial charge in [-0.3, -0.25) is 0 Å². The number of hydrogen-bond donors (Lipinski definition) is 2. The highest BCUT2D eigenvalue weighted by Gasteiger charge is 2.23. The van der Waals surface area contributed by atoms with Gasteiger partial charge in [-0.1, -0.05) is 250 Å². The molecule has 78 heavy (non-hydrogen) atoms. The number of carbonyl (C=O) groups is 2. The predicted molar refractivity (Wildman–Crippen MR) is 334 cm³/mol. The van der Waals surface area contributed by atoms with E-state index in [4.69, 9.17) is 28.4 Å². The highest BCUT2D eigenvalue weighted by Crippen LogP contribution is 2.15. The van der Waals surface area contributed by atoms with Gasteiger partial charge in [0.15, 0.2) is 0 Å². The van der Waals surface area contributed by atoms with E-state index in [1.54, 1.807) is 24.3 Å². The van der Waals surface area contributed by atoms with Crippen molar-refractivity contribution in [2.75, 3.05) is 52.9 Å². The summed E-state index contributed by atoms with van der Waals surface area (Å²) in [6, 6.07) is 37.8. The molecule has 0 saturated carbocycles. The number of esters is 2. The van der Waals surface area contributed by atoms with E-state index < -0.39 is 24.1 Å². The first-order chi connectivity index (χ1) is 38.0. The van der Waals surface area contributed by atoms with E-state index in [0.29, 0.717) is 36.9 Å². The summed E-state index contributed by atoms with van der Waals surface area (Å²) < 4.78 is 40.7. The summed E-state index contributed by atoms with van der Waals surface area (Å²) in [6.07, 6.45) is 6.09. The highest BCUT2D eigenvalue weighted by atomic mass is 16.6. The SMILES string of the molecule is C=CC(=O)OCC(O)COc1ccccc1.C=CC(=O)OCC(O)COc1ccccc1.CC.CC.CC.CC.CC.CC.CCC.CCC.CCC.CCC.c1ccc(OCC2CO2)cc1.c1ccc(OCC2CO2)cc1. The Labute approximate surface area is 478 Å². The van der Waals surface area contributed by atoms with E-state index in [-0.39, 0.29) is 26.4 Å². The molecule has 12 heteroatoms. The van der Waals surface area contributed by atoms with Crippen molar-refractivity contribution in [3.8, 4) is 23.0 Å². The molecule has 2 N–H and O–H groups in total. The molecule has 2 saturated heterocycles. The molecule has 12 nitrogen and oxygen atoms in total. The number of benzene rings is 4. The molecule has 2 fully saturated rings. The summed E-state index contributed by atoms with van der Waals surface area (Å²) in [5.41, 5.74) is 0. The van der Waals surface area contributed by atoms with Crippen LogP contribution in [0.3, 0.4) is 0 Å². The smallest absolute Gasteiger partial charge is 0.330 e. The maximum absolute atomic E-state index is 10.7. The second-order valence-electron chi connectivity index (χ2n) is 14.2. The van der Waals surface area contributed by atoms with Crippen molar-refractivity contribution in [3.63, 3.8) is 0 Å². The Morgan fingerprint density at radius 2 is 0.615 bits per heavy atom. The lowest BCUT2D eigenvalue weighted by molar-refractivity contribution is -0.142. The Balaban J connectivity index is -0.000000124. The van der Waals surface area contributed by atoms with Crippen LogP contribution >= 0.6 is 0 Å². The molecule has 4 aromatic rings. The summed E-state index contributed by atoms with van der Waals surface area (Å²) in [6.45, 7) is 50.5. The van der Waals surface area contributed by atoms with Crippen molar-refractivity contribution in [1.82, 2.24) is 0 Å². The molecule has 4 aromatic carbocycles. The van der Waals surface area contributed by atoms with Crippen molar-refractivity contribution in [3.05, 3.63) is 147 Å². The second-order valence-corrected chi connectivity index (χ2v) is 14.2. The van der Waals surface area contributed by atoms with Crippen LogP contribution in [0.1, 0.15) is 164 Å². The quantitative estimate of drug-likeness (QED) is 0.0553.